The number of aliphatic hydroxyl groups excluding tert-OH is 1. The largest absolute Gasteiger partial charge is 0.396 e. The minimum Gasteiger partial charge on any atom is -0.396 e. The van der Waals surface area contributed by atoms with Gasteiger partial charge in [0.1, 0.15) is 5.82 Å². The molecule has 3 heteroatoms. The van der Waals surface area contributed by atoms with Gasteiger partial charge in [-0.3, -0.25) is 0 Å². The van der Waals surface area contributed by atoms with Gasteiger partial charge < -0.3 is 5.11 Å². The standard InChI is InChI=1S/C18H26ClFO/c1-2-3-4-14-7-9-18(13-21,10-8-14)12-15-5-6-16(20)11-17(15)19/h5-6,11,14,21H,2-4,7-10,12-13H2,1H3. The summed E-state index contributed by atoms with van der Waals surface area (Å²) in [6.07, 6.45) is 9.11. The van der Waals surface area contributed by atoms with Gasteiger partial charge in [0.2, 0.25) is 0 Å². The monoisotopic (exact) mass is 312 g/mol. The van der Waals surface area contributed by atoms with Crippen LogP contribution in [0.2, 0.25) is 5.02 Å². The van der Waals surface area contributed by atoms with E-state index in [1.165, 1.54) is 44.2 Å². The van der Waals surface area contributed by atoms with Crippen LogP contribution in [-0.4, -0.2) is 11.7 Å². The molecular formula is C18H26ClFO. The first-order valence-corrected chi connectivity index (χ1v) is 8.51. The van der Waals surface area contributed by atoms with E-state index in [4.69, 9.17) is 11.6 Å². The van der Waals surface area contributed by atoms with Gasteiger partial charge in [-0.15, -0.1) is 0 Å². The second-order valence-corrected chi connectivity index (χ2v) is 7.06. The minimum absolute atomic E-state index is 0.0653. The predicted molar refractivity (Wildman–Crippen MR) is 86.1 cm³/mol. The van der Waals surface area contributed by atoms with Crippen LogP contribution >= 0.6 is 11.6 Å². The fourth-order valence-corrected chi connectivity index (χ4v) is 3.77. The van der Waals surface area contributed by atoms with Gasteiger partial charge in [0.15, 0.2) is 0 Å². The van der Waals surface area contributed by atoms with Crippen molar-refractivity contribution in [2.24, 2.45) is 11.3 Å². The lowest BCUT2D eigenvalue weighted by atomic mass is 9.67. The molecule has 0 aromatic heterocycles. The molecule has 0 saturated heterocycles. The smallest absolute Gasteiger partial charge is 0.124 e. The van der Waals surface area contributed by atoms with E-state index in [9.17, 15) is 9.50 Å². The number of aliphatic hydroxyl groups is 1. The first kappa shape index (κ1) is 16.8. The lowest BCUT2D eigenvalue weighted by molar-refractivity contribution is 0.0621. The van der Waals surface area contributed by atoms with Crippen molar-refractivity contribution in [3.63, 3.8) is 0 Å². The Bertz CT molecular complexity index is 453. The van der Waals surface area contributed by atoms with Gasteiger partial charge in [0.05, 0.1) is 0 Å². The molecular weight excluding hydrogens is 287 g/mol. The first-order valence-electron chi connectivity index (χ1n) is 8.13. The molecule has 21 heavy (non-hydrogen) atoms. The Kier molecular flexibility index (Phi) is 6.07. The molecule has 1 aliphatic carbocycles. The number of unbranched alkanes of at least 4 members (excludes halogenated alkanes) is 1. The molecule has 0 spiro atoms. The van der Waals surface area contributed by atoms with E-state index in [-0.39, 0.29) is 17.8 Å². The van der Waals surface area contributed by atoms with Crippen LogP contribution in [0.1, 0.15) is 57.4 Å². The maximum Gasteiger partial charge on any atom is 0.124 e. The SMILES string of the molecule is CCCCC1CCC(CO)(Cc2ccc(F)cc2Cl)CC1. The number of rotatable bonds is 6. The third-order valence-corrected chi connectivity index (χ3v) is 5.40. The van der Waals surface area contributed by atoms with Gasteiger partial charge in [-0.2, -0.15) is 0 Å². The summed E-state index contributed by atoms with van der Waals surface area (Å²) >= 11 is 6.14. The molecule has 0 unspecified atom stereocenters. The van der Waals surface area contributed by atoms with Crippen molar-refractivity contribution in [1.82, 2.24) is 0 Å². The highest BCUT2D eigenvalue weighted by Crippen LogP contribution is 2.43. The van der Waals surface area contributed by atoms with Crippen molar-refractivity contribution >= 4 is 11.6 Å². The zero-order chi connectivity index (χ0) is 15.3. The maximum absolute atomic E-state index is 13.1. The van der Waals surface area contributed by atoms with Crippen LogP contribution in [0.5, 0.6) is 0 Å². The average molecular weight is 313 g/mol. The van der Waals surface area contributed by atoms with Gasteiger partial charge in [0, 0.05) is 11.6 Å². The number of hydrogen-bond donors (Lipinski definition) is 1. The van der Waals surface area contributed by atoms with E-state index < -0.39 is 0 Å². The molecule has 0 bridgehead atoms. The molecule has 0 aliphatic heterocycles. The molecule has 118 valence electrons. The molecule has 2 rings (SSSR count). The van der Waals surface area contributed by atoms with Crippen LogP contribution in [0.15, 0.2) is 18.2 Å². The second-order valence-electron chi connectivity index (χ2n) is 6.66. The number of halogens is 2. The van der Waals surface area contributed by atoms with Crippen molar-refractivity contribution < 1.29 is 9.50 Å². The molecule has 1 aliphatic rings. The molecule has 0 heterocycles. The van der Waals surface area contributed by atoms with Crippen molar-refractivity contribution in [3.05, 3.63) is 34.6 Å². The summed E-state index contributed by atoms with van der Waals surface area (Å²) in [7, 11) is 0. The summed E-state index contributed by atoms with van der Waals surface area (Å²) in [6.45, 7) is 2.43. The average Bonchev–Trinajstić information content (AvgIpc) is 2.49. The van der Waals surface area contributed by atoms with Crippen LogP contribution in [0.25, 0.3) is 0 Å². The lowest BCUT2D eigenvalue weighted by Crippen LogP contribution is -2.33. The quantitative estimate of drug-likeness (QED) is 0.747. The summed E-state index contributed by atoms with van der Waals surface area (Å²) in [5.41, 5.74) is 0.892. The van der Waals surface area contributed by atoms with E-state index in [1.54, 1.807) is 6.07 Å². The molecule has 1 aromatic rings. The van der Waals surface area contributed by atoms with E-state index >= 15 is 0 Å². The fraction of sp³-hybridized carbons (Fsp3) is 0.667. The number of hydrogen-bond acceptors (Lipinski definition) is 1. The molecule has 1 N–H and O–H groups in total. The third-order valence-electron chi connectivity index (χ3n) is 5.05. The van der Waals surface area contributed by atoms with Crippen LogP contribution < -0.4 is 0 Å². The Morgan fingerprint density at radius 3 is 2.62 bits per heavy atom. The van der Waals surface area contributed by atoms with Gasteiger partial charge in [-0.1, -0.05) is 43.9 Å². The highest BCUT2D eigenvalue weighted by atomic mass is 35.5. The van der Waals surface area contributed by atoms with Crippen molar-refractivity contribution in [2.45, 2.75) is 58.3 Å². The van der Waals surface area contributed by atoms with E-state index in [2.05, 4.69) is 6.92 Å². The molecule has 1 saturated carbocycles. The summed E-state index contributed by atoms with van der Waals surface area (Å²) in [5.74, 6) is 0.512. The minimum atomic E-state index is -0.301. The molecule has 1 fully saturated rings. The van der Waals surface area contributed by atoms with Crippen molar-refractivity contribution in [3.8, 4) is 0 Å². The van der Waals surface area contributed by atoms with E-state index in [0.717, 1.165) is 30.7 Å². The summed E-state index contributed by atoms with van der Waals surface area (Å²) < 4.78 is 13.1. The Morgan fingerprint density at radius 1 is 1.33 bits per heavy atom. The molecule has 0 amide bonds. The summed E-state index contributed by atoms with van der Waals surface area (Å²) in [6, 6.07) is 4.59. The van der Waals surface area contributed by atoms with Crippen LogP contribution in [0.3, 0.4) is 0 Å². The Morgan fingerprint density at radius 2 is 2.05 bits per heavy atom. The van der Waals surface area contributed by atoms with Crippen molar-refractivity contribution in [2.75, 3.05) is 6.61 Å². The summed E-state index contributed by atoms with van der Waals surface area (Å²) in [4.78, 5) is 0. The number of benzene rings is 1. The maximum atomic E-state index is 13.1. The lowest BCUT2D eigenvalue weighted by Gasteiger charge is -2.39. The molecule has 1 nitrogen and oxygen atoms in total. The van der Waals surface area contributed by atoms with Gasteiger partial charge >= 0.3 is 0 Å². The Hall–Kier alpha value is -0.600. The highest BCUT2D eigenvalue weighted by molar-refractivity contribution is 6.31. The van der Waals surface area contributed by atoms with Gasteiger partial charge in [-0.05, 0) is 61.1 Å². The van der Waals surface area contributed by atoms with E-state index in [0.29, 0.717) is 5.02 Å². The first-order chi connectivity index (χ1) is 10.1. The topological polar surface area (TPSA) is 20.2 Å². The predicted octanol–water partition coefficient (Wildman–Crippen LogP) is 5.38. The van der Waals surface area contributed by atoms with E-state index in [1.807, 2.05) is 0 Å². The highest BCUT2D eigenvalue weighted by Gasteiger charge is 2.35. The van der Waals surface area contributed by atoms with Gasteiger partial charge in [-0.25, -0.2) is 4.39 Å². The third kappa shape index (κ3) is 4.43. The summed E-state index contributed by atoms with van der Waals surface area (Å²) in [5, 5.41) is 10.4. The Balaban J connectivity index is 1.99. The Labute approximate surface area is 132 Å². The normalized spacial score (nSPS) is 26.0. The van der Waals surface area contributed by atoms with Crippen molar-refractivity contribution in [1.29, 1.82) is 0 Å². The molecule has 0 atom stereocenters. The van der Waals surface area contributed by atoms with Crippen LogP contribution in [-0.2, 0) is 6.42 Å². The second kappa shape index (κ2) is 7.60. The zero-order valence-corrected chi connectivity index (χ0v) is 13.6. The zero-order valence-electron chi connectivity index (χ0n) is 12.9. The van der Waals surface area contributed by atoms with Crippen LogP contribution in [0, 0.1) is 17.2 Å². The van der Waals surface area contributed by atoms with Gasteiger partial charge in [0.25, 0.3) is 0 Å². The fourth-order valence-electron chi connectivity index (χ4n) is 3.53. The molecule has 1 aromatic carbocycles. The molecule has 0 radical (unpaired) electrons. The van der Waals surface area contributed by atoms with Crippen LogP contribution in [0.4, 0.5) is 4.39 Å².